The number of nitrogens with zero attached hydrogens (tertiary/aromatic N) is 5. The zero-order chi connectivity index (χ0) is 21.9. The molecular formula is C22H18F3N5O. The summed E-state index contributed by atoms with van der Waals surface area (Å²) in [6.45, 7) is 2.28. The highest BCUT2D eigenvalue weighted by molar-refractivity contribution is 6.01. The maximum absolute atomic E-state index is 13.8. The van der Waals surface area contributed by atoms with Gasteiger partial charge in [-0.15, -0.1) is 0 Å². The van der Waals surface area contributed by atoms with E-state index in [4.69, 9.17) is 0 Å². The Labute approximate surface area is 175 Å². The maximum Gasteiger partial charge on any atom is 0.256 e. The molecule has 1 aliphatic rings. The molecule has 0 aliphatic carbocycles. The van der Waals surface area contributed by atoms with Gasteiger partial charge in [-0.2, -0.15) is 10.2 Å². The van der Waals surface area contributed by atoms with Crippen LogP contribution in [0, 0.1) is 17.5 Å². The molecule has 0 fully saturated rings. The lowest BCUT2D eigenvalue weighted by Gasteiger charge is -2.33. The van der Waals surface area contributed by atoms with Crippen molar-refractivity contribution in [1.82, 2.24) is 24.3 Å². The monoisotopic (exact) mass is 425 g/mol. The minimum absolute atomic E-state index is 0.143. The zero-order valence-corrected chi connectivity index (χ0v) is 16.8. The van der Waals surface area contributed by atoms with E-state index in [1.807, 2.05) is 6.92 Å². The molecule has 31 heavy (non-hydrogen) atoms. The van der Waals surface area contributed by atoms with Gasteiger partial charge in [0.25, 0.3) is 5.91 Å². The number of aromatic nitrogens is 4. The number of hydrogen-bond donors (Lipinski definition) is 0. The third kappa shape index (κ3) is 2.91. The summed E-state index contributed by atoms with van der Waals surface area (Å²) in [5, 5.41) is 8.71. The average Bonchev–Trinajstić information content (AvgIpc) is 3.35. The van der Waals surface area contributed by atoms with Crippen LogP contribution in [0.4, 0.5) is 13.2 Å². The lowest BCUT2D eigenvalue weighted by molar-refractivity contribution is 0.0675. The Bertz CT molecular complexity index is 1320. The Hall–Kier alpha value is -3.62. The molecule has 1 amide bonds. The first-order valence-electron chi connectivity index (χ1n) is 9.81. The number of pyridine rings is 1. The van der Waals surface area contributed by atoms with Crippen molar-refractivity contribution >= 4 is 11.4 Å². The molecule has 0 bridgehead atoms. The maximum atomic E-state index is 13.8. The highest BCUT2D eigenvalue weighted by Gasteiger charge is 2.34. The summed E-state index contributed by atoms with van der Waals surface area (Å²) in [7, 11) is 1.67. The minimum Gasteiger partial charge on any atom is -0.330 e. The quantitative estimate of drug-likeness (QED) is 0.458. The highest BCUT2D eigenvalue weighted by Crippen LogP contribution is 2.37. The van der Waals surface area contributed by atoms with E-state index in [-0.39, 0.29) is 17.5 Å². The number of carbonyl (C=O) groups excluding carboxylic acids is 1. The fourth-order valence-electron chi connectivity index (χ4n) is 4.36. The van der Waals surface area contributed by atoms with Crippen LogP contribution in [0.25, 0.3) is 16.8 Å². The van der Waals surface area contributed by atoms with Gasteiger partial charge >= 0.3 is 0 Å². The Morgan fingerprint density at radius 1 is 1.16 bits per heavy atom. The van der Waals surface area contributed by atoms with Gasteiger partial charge < -0.3 is 4.90 Å². The van der Waals surface area contributed by atoms with E-state index in [1.54, 1.807) is 47.1 Å². The summed E-state index contributed by atoms with van der Waals surface area (Å²) in [5.41, 5.74) is 3.43. The van der Waals surface area contributed by atoms with Crippen molar-refractivity contribution in [1.29, 1.82) is 0 Å². The molecule has 0 saturated heterocycles. The molecule has 6 nitrogen and oxygen atoms in total. The molecule has 0 N–H and O–H groups in total. The number of fused-ring (bicyclic) bond motifs is 2. The Morgan fingerprint density at radius 3 is 2.65 bits per heavy atom. The van der Waals surface area contributed by atoms with Crippen LogP contribution >= 0.6 is 0 Å². The summed E-state index contributed by atoms with van der Waals surface area (Å²) < 4.78 is 44.2. The van der Waals surface area contributed by atoms with Crippen molar-refractivity contribution in [3.8, 4) is 11.3 Å². The first kappa shape index (κ1) is 19.3. The van der Waals surface area contributed by atoms with Gasteiger partial charge in [-0.3, -0.25) is 9.48 Å². The van der Waals surface area contributed by atoms with Crippen molar-refractivity contribution in [3.63, 3.8) is 0 Å². The number of hydrogen-bond acceptors (Lipinski definition) is 3. The van der Waals surface area contributed by atoms with Gasteiger partial charge in [-0.1, -0.05) is 0 Å². The highest BCUT2D eigenvalue weighted by atomic mass is 19.2. The van der Waals surface area contributed by atoms with E-state index in [0.29, 0.717) is 35.4 Å². The molecular weight excluding hydrogens is 407 g/mol. The first-order chi connectivity index (χ1) is 14.9. The predicted octanol–water partition coefficient (Wildman–Crippen LogP) is 3.91. The first-order valence-corrected chi connectivity index (χ1v) is 9.81. The van der Waals surface area contributed by atoms with E-state index in [0.717, 1.165) is 17.7 Å². The standard InChI is InChI=1S/C22H18F3N5O/c1-12-20-15(21(28(2)27-20)13-10-16(23)19(25)17(24)11-13)6-9-29(12)22(31)14-4-3-8-30-18(14)5-7-26-30/h3-5,7-8,10-12H,6,9H2,1-2H3/t12-/m0/s1. The Morgan fingerprint density at radius 2 is 1.90 bits per heavy atom. The smallest absolute Gasteiger partial charge is 0.256 e. The summed E-state index contributed by atoms with van der Waals surface area (Å²) in [4.78, 5) is 15.1. The summed E-state index contributed by atoms with van der Waals surface area (Å²) in [6, 6.07) is 6.90. The normalized spacial score (nSPS) is 16.0. The Kier molecular flexibility index (Phi) is 4.35. The molecule has 9 heteroatoms. The van der Waals surface area contributed by atoms with E-state index < -0.39 is 17.5 Å². The van der Waals surface area contributed by atoms with Crippen LogP contribution in [0.5, 0.6) is 0 Å². The number of halogens is 3. The second-order valence-corrected chi connectivity index (χ2v) is 7.60. The molecule has 4 heterocycles. The van der Waals surface area contributed by atoms with Crippen LogP contribution in [-0.2, 0) is 13.5 Å². The molecule has 0 saturated carbocycles. The SMILES string of the molecule is C[C@H]1c2nn(C)c(-c3cc(F)c(F)c(F)c3)c2CCN1C(=O)c1cccn2nccc12. The van der Waals surface area contributed by atoms with Crippen molar-refractivity contribution < 1.29 is 18.0 Å². The van der Waals surface area contributed by atoms with Crippen LogP contribution in [-0.4, -0.2) is 36.7 Å². The van der Waals surface area contributed by atoms with Gasteiger partial charge in [0.15, 0.2) is 17.5 Å². The van der Waals surface area contributed by atoms with Gasteiger partial charge in [0, 0.05) is 30.9 Å². The van der Waals surface area contributed by atoms with Crippen LogP contribution in [0.3, 0.4) is 0 Å². The van der Waals surface area contributed by atoms with Gasteiger partial charge in [-0.25, -0.2) is 17.7 Å². The van der Waals surface area contributed by atoms with Crippen LogP contribution in [0.1, 0.15) is 34.6 Å². The van der Waals surface area contributed by atoms with Crippen molar-refractivity contribution in [3.05, 3.63) is 77.0 Å². The third-order valence-corrected chi connectivity index (χ3v) is 5.83. The van der Waals surface area contributed by atoms with Crippen LogP contribution < -0.4 is 0 Å². The molecule has 1 atom stereocenters. The summed E-state index contributed by atoms with van der Waals surface area (Å²) in [6.07, 6.45) is 3.86. The molecule has 5 rings (SSSR count). The van der Waals surface area contributed by atoms with Crippen LogP contribution in [0.2, 0.25) is 0 Å². The lowest BCUT2D eigenvalue weighted by atomic mass is 9.95. The van der Waals surface area contributed by atoms with E-state index in [1.165, 1.54) is 4.68 Å². The Balaban J connectivity index is 1.54. The van der Waals surface area contributed by atoms with Gasteiger partial charge in [0.05, 0.1) is 34.7 Å². The predicted molar refractivity (Wildman–Crippen MR) is 107 cm³/mol. The number of rotatable bonds is 2. The minimum atomic E-state index is -1.50. The van der Waals surface area contributed by atoms with Gasteiger partial charge in [0.1, 0.15) is 0 Å². The van der Waals surface area contributed by atoms with Gasteiger partial charge in [-0.05, 0) is 43.7 Å². The topological polar surface area (TPSA) is 55.4 Å². The molecule has 0 spiro atoms. The molecule has 158 valence electrons. The van der Waals surface area contributed by atoms with Crippen molar-refractivity contribution in [2.75, 3.05) is 6.54 Å². The summed E-state index contributed by atoms with van der Waals surface area (Å²) in [5.74, 6) is -4.15. The second-order valence-electron chi connectivity index (χ2n) is 7.60. The van der Waals surface area contributed by atoms with Crippen molar-refractivity contribution in [2.24, 2.45) is 7.05 Å². The molecule has 3 aromatic heterocycles. The molecule has 0 unspecified atom stereocenters. The van der Waals surface area contributed by atoms with Crippen LogP contribution in [0.15, 0.2) is 42.7 Å². The fourth-order valence-corrected chi connectivity index (χ4v) is 4.36. The molecule has 0 radical (unpaired) electrons. The average molecular weight is 425 g/mol. The molecule has 4 aromatic rings. The second kappa shape index (κ2) is 6.97. The lowest BCUT2D eigenvalue weighted by Crippen LogP contribution is -2.39. The van der Waals surface area contributed by atoms with Crippen molar-refractivity contribution in [2.45, 2.75) is 19.4 Å². The third-order valence-electron chi connectivity index (χ3n) is 5.83. The van der Waals surface area contributed by atoms with Gasteiger partial charge in [0.2, 0.25) is 0 Å². The van der Waals surface area contributed by atoms with E-state index in [2.05, 4.69) is 10.2 Å². The zero-order valence-electron chi connectivity index (χ0n) is 16.8. The molecule has 1 aromatic carbocycles. The summed E-state index contributed by atoms with van der Waals surface area (Å²) >= 11 is 0. The largest absolute Gasteiger partial charge is 0.330 e. The number of benzene rings is 1. The number of aryl methyl sites for hydroxylation is 1. The molecule has 1 aliphatic heterocycles. The number of carbonyl (C=O) groups is 1. The number of amides is 1. The van der Waals surface area contributed by atoms with E-state index in [9.17, 15) is 18.0 Å². The van der Waals surface area contributed by atoms with E-state index >= 15 is 0 Å². The fraction of sp³-hybridized carbons (Fsp3) is 0.227.